The summed E-state index contributed by atoms with van der Waals surface area (Å²) in [6.07, 6.45) is -4.91. The predicted molar refractivity (Wildman–Crippen MR) is 70.3 cm³/mol. The lowest BCUT2D eigenvalue weighted by Crippen LogP contribution is -2.12. The van der Waals surface area contributed by atoms with Crippen LogP contribution in [0.15, 0.2) is 36.4 Å². The van der Waals surface area contributed by atoms with Crippen molar-refractivity contribution in [3.8, 4) is 0 Å². The maximum absolute atomic E-state index is 14.0. The van der Waals surface area contributed by atoms with Crippen molar-refractivity contribution in [2.75, 3.05) is 6.61 Å². The molecule has 0 aliphatic heterocycles. The Hall–Kier alpha value is -1.85. The van der Waals surface area contributed by atoms with Crippen LogP contribution in [0.5, 0.6) is 0 Å². The summed E-state index contributed by atoms with van der Waals surface area (Å²) < 4.78 is 56.0. The number of ether oxygens (including phenoxy) is 1. The highest BCUT2D eigenvalue weighted by Crippen LogP contribution is 2.32. The zero-order valence-corrected chi connectivity index (χ0v) is 11.5. The van der Waals surface area contributed by atoms with Crippen LogP contribution in [0.25, 0.3) is 0 Å². The van der Waals surface area contributed by atoms with Crippen molar-refractivity contribution in [3.63, 3.8) is 0 Å². The van der Waals surface area contributed by atoms with Crippen molar-refractivity contribution in [2.24, 2.45) is 0 Å². The molecule has 0 saturated carbocycles. The van der Waals surface area contributed by atoms with E-state index in [4.69, 9.17) is 4.74 Å². The van der Waals surface area contributed by atoms with E-state index in [1.165, 1.54) is 0 Å². The third kappa shape index (κ3) is 4.88. The van der Waals surface area contributed by atoms with Crippen molar-refractivity contribution >= 4 is 5.97 Å². The monoisotopic (exact) mass is 304 g/mol. The maximum Gasteiger partial charge on any atom is 0.416 e. The predicted octanol–water partition coefficient (Wildman–Crippen LogP) is 4.62. The zero-order valence-electron chi connectivity index (χ0n) is 11.5. The molecular formula is C15H16F4O2. The molecule has 2 nitrogen and oxygen atoms in total. The average molecular weight is 304 g/mol. The number of esters is 1. The van der Waals surface area contributed by atoms with Crippen LogP contribution in [0.1, 0.15) is 37.1 Å². The van der Waals surface area contributed by atoms with Gasteiger partial charge in [0.15, 0.2) is 6.17 Å². The number of benzene rings is 1. The molecule has 0 aliphatic rings. The van der Waals surface area contributed by atoms with Gasteiger partial charge in [-0.2, -0.15) is 13.2 Å². The van der Waals surface area contributed by atoms with E-state index in [1.54, 1.807) is 0 Å². The molecule has 21 heavy (non-hydrogen) atoms. The Kier molecular flexibility index (Phi) is 5.93. The third-order valence-corrected chi connectivity index (χ3v) is 2.83. The second-order valence-corrected chi connectivity index (χ2v) is 4.50. The zero-order chi connectivity index (χ0) is 16.0. The van der Waals surface area contributed by atoms with Gasteiger partial charge in [-0.05, 0) is 24.1 Å². The molecule has 0 aliphatic carbocycles. The molecule has 0 N–H and O–H groups in total. The average Bonchev–Trinajstić information content (AvgIpc) is 2.45. The molecule has 0 amide bonds. The second-order valence-electron chi connectivity index (χ2n) is 4.50. The van der Waals surface area contributed by atoms with E-state index in [-0.39, 0.29) is 12.2 Å². The number of rotatable bonds is 6. The van der Waals surface area contributed by atoms with Crippen molar-refractivity contribution < 1.29 is 27.1 Å². The van der Waals surface area contributed by atoms with Crippen LogP contribution in [-0.4, -0.2) is 12.6 Å². The van der Waals surface area contributed by atoms with Gasteiger partial charge in [-0.25, -0.2) is 9.18 Å². The van der Waals surface area contributed by atoms with E-state index in [9.17, 15) is 22.4 Å². The molecule has 0 saturated heterocycles. The van der Waals surface area contributed by atoms with Crippen LogP contribution >= 0.6 is 0 Å². The highest BCUT2D eigenvalue weighted by atomic mass is 19.4. The minimum atomic E-state index is -4.49. The summed E-state index contributed by atoms with van der Waals surface area (Å²) in [6.45, 7) is 5.38. The highest BCUT2D eigenvalue weighted by molar-refractivity contribution is 5.89. The Morgan fingerprint density at radius 2 is 1.86 bits per heavy atom. The minimum Gasteiger partial charge on any atom is -0.462 e. The van der Waals surface area contributed by atoms with E-state index >= 15 is 0 Å². The second kappa shape index (κ2) is 7.24. The first-order chi connectivity index (χ1) is 9.77. The van der Waals surface area contributed by atoms with Gasteiger partial charge in [0.25, 0.3) is 0 Å². The van der Waals surface area contributed by atoms with E-state index < -0.39 is 29.5 Å². The molecule has 1 aromatic rings. The van der Waals surface area contributed by atoms with E-state index in [2.05, 4.69) is 6.58 Å². The number of carbonyl (C=O) groups excluding carboxylic acids is 1. The number of alkyl halides is 4. The van der Waals surface area contributed by atoms with Gasteiger partial charge in [0.1, 0.15) is 0 Å². The standard InChI is InChI=1S/C15H16F4O2/c1-3-4-9-21-14(20)10(2)13(16)11-5-7-12(8-6-11)15(17,18)19/h5-8,13H,2-4,9H2,1H3. The van der Waals surface area contributed by atoms with Crippen molar-refractivity contribution in [3.05, 3.63) is 47.5 Å². The Bertz CT molecular complexity index is 491. The topological polar surface area (TPSA) is 26.3 Å². The highest BCUT2D eigenvalue weighted by Gasteiger charge is 2.30. The number of hydrogen-bond acceptors (Lipinski definition) is 2. The first kappa shape index (κ1) is 17.2. The molecule has 0 spiro atoms. The molecular weight excluding hydrogens is 288 g/mol. The summed E-state index contributed by atoms with van der Waals surface area (Å²) in [4.78, 5) is 11.5. The molecule has 1 unspecified atom stereocenters. The van der Waals surface area contributed by atoms with Gasteiger partial charge in [0, 0.05) is 0 Å². The molecule has 0 heterocycles. The molecule has 0 radical (unpaired) electrons. The van der Waals surface area contributed by atoms with Crippen LogP contribution in [0.3, 0.4) is 0 Å². The quantitative estimate of drug-likeness (QED) is 0.332. The van der Waals surface area contributed by atoms with Crippen LogP contribution in [0.2, 0.25) is 0 Å². The molecule has 0 fully saturated rings. The summed E-state index contributed by atoms with van der Waals surface area (Å²) in [6, 6.07) is 3.49. The van der Waals surface area contributed by atoms with Crippen molar-refractivity contribution in [2.45, 2.75) is 32.1 Å². The van der Waals surface area contributed by atoms with Gasteiger partial charge in [-0.3, -0.25) is 0 Å². The SMILES string of the molecule is C=C(C(=O)OCCCC)C(F)c1ccc(C(F)(F)F)cc1. The van der Waals surface area contributed by atoms with E-state index in [0.717, 1.165) is 30.7 Å². The molecule has 116 valence electrons. The molecule has 6 heteroatoms. The van der Waals surface area contributed by atoms with Gasteiger partial charge in [-0.1, -0.05) is 32.1 Å². The normalized spacial score (nSPS) is 12.8. The fourth-order valence-electron chi connectivity index (χ4n) is 1.55. The Morgan fingerprint density at radius 3 is 2.33 bits per heavy atom. The Morgan fingerprint density at radius 1 is 1.29 bits per heavy atom. The van der Waals surface area contributed by atoms with Gasteiger partial charge in [0.2, 0.25) is 0 Å². The summed E-state index contributed by atoms with van der Waals surface area (Å²) in [7, 11) is 0. The van der Waals surface area contributed by atoms with Crippen LogP contribution in [-0.2, 0) is 15.7 Å². The number of carbonyl (C=O) groups is 1. The molecule has 0 aromatic heterocycles. The van der Waals surface area contributed by atoms with Crippen molar-refractivity contribution in [1.29, 1.82) is 0 Å². The van der Waals surface area contributed by atoms with Crippen LogP contribution < -0.4 is 0 Å². The smallest absolute Gasteiger partial charge is 0.416 e. The van der Waals surface area contributed by atoms with Crippen LogP contribution in [0, 0.1) is 0 Å². The first-order valence-corrected chi connectivity index (χ1v) is 6.44. The van der Waals surface area contributed by atoms with E-state index in [1.807, 2.05) is 6.92 Å². The van der Waals surface area contributed by atoms with E-state index in [0.29, 0.717) is 6.42 Å². The number of halogens is 4. The lowest BCUT2D eigenvalue weighted by atomic mass is 10.0. The van der Waals surface area contributed by atoms with Gasteiger partial charge in [0.05, 0.1) is 17.7 Å². The third-order valence-electron chi connectivity index (χ3n) is 2.83. The Balaban J connectivity index is 2.72. The lowest BCUT2D eigenvalue weighted by Gasteiger charge is -2.13. The maximum atomic E-state index is 14.0. The molecule has 1 atom stereocenters. The minimum absolute atomic E-state index is 0.0690. The summed E-state index contributed by atoms with van der Waals surface area (Å²) in [5.74, 6) is -0.879. The fourth-order valence-corrected chi connectivity index (χ4v) is 1.55. The number of unbranched alkanes of at least 4 members (excludes halogenated alkanes) is 1. The lowest BCUT2D eigenvalue weighted by molar-refractivity contribution is -0.140. The summed E-state index contributed by atoms with van der Waals surface area (Å²) in [5, 5.41) is 0. The van der Waals surface area contributed by atoms with Gasteiger partial charge >= 0.3 is 12.1 Å². The van der Waals surface area contributed by atoms with Gasteiger partial charge < -0.3 is 4.74 Å². The molecule has 1 rings (SSSR count). The van der Waals surface area contributed by atoms with Gasteiger partial charge in [-0.15, -0.1) is 0 Å². The molecule has 1 aromatic carbocycles. The fraction of sp³-hybridized carbons (Fsp3) is 0.400. The van der Waals surface area contributed by atoms with Crippen LogP contribution in [0.4, 0.5) is 17.6 Å². The molecule has 0 bridgehead atoms. The number of hydrogen-bond donors (Lipinski definition) is 0. The Labute approximate surface area is 120 Å². The summed E-state index contributed by atoms with van der Waals surface area (Å²) in [5.41, 5.74) is -1.37. The largest absolute Gasteiger partial charge is 0.462 e. The van der Waals surface area contributed by atoms with Crippen molar-refractivity contribution in [1.82, 2.24) is 0 Å². The summed E-state index contributed by atoms with van der Waals surface area (Å²) >= 11 is 0. The first-order valence-electron chi connectivity index (χ1n) is 6.44.